The van der Waals surface area contributed by atoms with Crippen LogP contribution in [0.3, 0.4) is 0 Å². The van der Waals surface area contributed by atoms with Crippen molar-refractivity contribution in [1.29, 1.82) is 0 Å². The Morgan fingerprint density at radius 2 is 2.08 bits per heavy atom. The molecule has 2 aromatic heterocycles. The normalized spacial score (nSPS) is 16.4. The van der Waals surface area contributed by atoms with Crippen LogP contribution >= 0.6 is 11.3 Å². The number of hydrogen-bond acceptors (Lipinski definition) is 6. The van der Waals surface area contributed by atoms with Gasteiger partial charge in [-0.2, -0.15) is 0 Å². The Morgan fingerprint density at radius 1 is 1.33 bits per heavy atom. The Kier molecular flexibility index (Phi) is 5.65. The Balaban J connectivity index is 1.54. The molecule has 1 saturated heterocycles. The first-order valence-corrected chi connectivity index (χ1v) is 9.22. The molecular formula is C17H24N4O2S. The fraction of sp³-hybridized carbons (Fsp3) is 0.529. The van der Waals surface area contributed by atoms with E-state index in [-0.39, 0.29) is 5.91 Å². The van der Waals surface area contributed by atoms with Crippen LogP contribution in [-0.2, 0) is 13.1 Å². The topological polar surface area (TPSA) is 52.8 Å². The summed E-state index contributed by atoms with van der Waals surface area (Å²) in [7, 11) is 1.79. The van der Waals surface area contributed by atoms with Gasteiger partial charge in [-0.05, 0) is 18.0 Å². The number of rotatable bonds is 6. The molecule has 1 aliphatic rings. The molecule has 0 N–H and O–H groups in total. The highest BCUT2D eigenvalue weighted by Gasteiger charge is 2.20. The van der Waals surface area contributed by atoms with Crippen molar-refractivity contribution in [2.45, 2.75) is 20.0 Å². The second kappa shape index (κ2) is 7.92. The Hall–Kier alpha value is -1.70. The van der Waals surface area contributed by atoms with Crippen LogP contribution in [0, 0.1) is 0 Å². The predicted octanol–water partition coefficient (Wildman–Crippen LogP) is 2.15. The van der Waals surface area contributed by atoms with Crippen molar-refractivity contribution >= 4 is 17.2 Å². The van der Waals surface area contributed by atoms with Gasteiger partial charge in [-0.25, -0.2) is 0 Å². The highest BCUT2D eigenvalue weighted by molar-refractivity contribution is 7.09. The number of piperazine rings is 1. The number of carbonyl (C=O) groups is 1. The van der Waals surface area contributed by atoms with Gasteiger partial charge in [0.2, 0.25) is 0 Å². The number of likely N-dealkylation sites (N-methyl/N-ethyl adjacent to an activating group) is 1. The van der Waals surface area contributed by atoms with E-state index in [9.17, 15) is 4.79 Å². The van der Waals surface area contributed by atoms with Crippen LogP contribution in [0.4, 0.5) is 0 Å². The molecule has 0 aromatic carbocycles. The third-order valence-corrected chi connectivity index (χ3v) is 5.25. The number of thiophene rings is 1. The lowest BCUT2D eigenvalue weighted by atomic mass is 10.2. The van der Waals surface area contributed by atoms with Gasteiger partial charge in [0.25, 0.3) is 5.91 Å². The largest absolute Gasteiger partial charge is 0.359 e. The highest BCUT2D eigenvalue weighted by atomic mass is 32.1. The predicted molar refractivity (Wildman–Crippen MR) is 94.0 cm³/mol. The molecule has 2 aromatic rings. The van der Waals surface area contributed by atoms with Crippen molar-refractivity contribution in [3.63, 3.8) is 0 Å². The summed E-state index contributed by atoms with van der Waals surface area (Å²) < 4.78 is 5.38. The number of nitrogens with zero attached hydrogens (tertiary/aromatic N) is 4. The molecule has 3 rings (SSSR count). The van der Waals surface area contributed by atoms with Gasteiger partial charge in [0, 0.05) is 44.2 Å². The van der Waals surface area contributed by atoms with Crippen LogP contribution in [0.1, 0.15) is 28.0 Å². The maximum atomic E-state index is 12.4. The molecule has 130 valence electrons. The van der Waals surface area contributed by atoms with E-state index in [0.29, 0.717) is 18.8 Å². The molecule has 1 fully saturated rings. The van der Waals surface area contributed by atoms with Crippen molar-refractivity contribution in [2.75, 3.05) is 39.8 Å². The van der Waals surface area contributed by atoms with Crippen LogP contribution in [0.5, 0.6) is 0 Å². The Bertz CT molecular complexity index is 647. The lowest BCUT2D eigenvalue weighted by molar-refractivity contribution is 0.0775. The van der Waals surface area contributed by atoms with E-state index in [1.807, 2.05) is 17.5 Å². The molecule has 0 aliphatic carbocycles. The molecule has 0 atom stereocenters. The minimum Gasteiger partial charge on any atom is -0.359 e. The SMILES string of the molecule is CCN1CCN(Cc2cc(C(=O)N(C)Cc3cccs3)no2)CC1. The molecule has 0 spiro atoms. The van der Waals surface area contributed by atoms with E-state index >= 15 is 0 Å². The average Bonchev–Trinajstić information content (AvgIpc) is 3.27. The molecule has 3 heterocycles. The van der Waals surface area contributed by atoms with E-state index < -0.39 is 0 Å². The summed E-state index contributed by atoms with van der Waals surface area (Å²) in [5, 5.41) is 5.98. The van der Waals surface area contributed by atoms with Gasteiger partial charge in [-0.15, -0.1) is 11.3 Å². The zero-order chi connectivity index (χ0) is 16.9. The zero-order valence-corrected chi connectivity index (χ0v) is 15.1. The monoisotopic (exact) mass is 348 g/mol. The first kappa shape index (κ1) is 17.1. The van der Waals surface area contributed by atoms with Crippen LogP contribution in [0.15, 0.2) is 28.1 Å². The minimum atomic E-state index is -0.103. The van der Waals surface area contributed by atoms with Crippen molar-refractivity contribution in [2.24, 2.45) is 0 Å². The molecule has 1 amide bonds. The van der Waals surface area contributed by atoms with Gasteiger partial charge in [-0.3, -0.25) is 9.69 Å². The molecule has 0 unspecified atom stereocenters. The highest BCUT2D eigenvalue weighted by Crippen LogP contribution is 2.14. The molecule has 0 radical (unpaired) electrons. The maximum absolute atomic E-state index is 12.4. The Morgan fingerprint density at radius 3 is 2.75 bits per heavy atom. The number of carbonyl (C=O) groups excluding carboxylic acids is 1. The van der Waals surface area contributed by atoms with Crippen LogP contribution in [0.2, 0.25) is 0 Å². The van der Waals surface area contributed by atoms with Gasteiger partial charge in [0.1, 0.15) is 0 Å². The van der Waals surface area contributed by atoms with Crippen LogP contribution in [0.25, 0.3) is 0 Å². The number of amides is 1. The summed E-state index contributed by atoms with van der Waals surface area (Å²) in [4.78, 5) is 20.1. The summed E-state index contributed by atoms with van der Waals surface area (Å²) in [6, 6.07) is 5.79. The van der Waals surface area contributed by atoms with Gasteiger partial charge >= 0.3 is 0 Å². The number of aromatic nitrogens is 1. The Labute approximate surface area is 146 Å². The third-order valence-electron chi connectivity index (χ3n) is 4.39. The second-order valence-corrected chi connectivity index (χ2v) is 7.16. The van der Waals surface area contributed by atoms with E-state index in [4.69, 9.17) is 4.52 Å². The summed E-state index contributed by atoms with van der Waals surface area (Å²) in [5.74, 6) is 0.655. The van der Waals surface area contributed by atoms with Gasteiger partial charge in [-0.1, -0.05) is 18.1 Å². The van der Waals surface area contributed by atoms with Crippen molar-refractivity contribution in [1.82, 2.24) is 19.9 Å². The smallest absolute Gasteiger partial charge is 0.276 e. The fourth-order valence-electron chi connectivity index (χ4n) is 2.88. The van der Waals surface area contributed by atoms with Crippen molar-refractivity contribution in [3.8, 4) is 0 Å². The summed E-state index contributed by atoms with van der Waals surface area (Å²) in [6.45, 7) is 8.82. The molecule has 1 aliphatic heterocycles. The molecule has 24 heavy (non-hydrogen) atoms. The molecule has 7 heteroatoms. The maximum Gasteiger partial charge on any atom is 0.276 e. The van der Waals surface area contributed by atoms with Crippen LogP contribution in [-0.4, -0.2) is 65.5 Å². The zero-order valence-electron chi connectivity index (χ0n) is 14.3. The molecule has 6 nitrogen and oxygen atoms in total. The number of hydrogen-bond donors (Lipinski definition) is 0. The van der Waals surface area contributed by atoms with Crippen LogP contribution < -0.4 is 0 Å². The standard InChI is InChI=1S/C17H24N4O2S/c1-3-20-6-8-21(9-7-20)12-14-11-16(18-23-14)17(22)19(2)13-15-5-4-10-24-15/h4-5,10-11H,3,6-9,12-13H2,1-2H3. The van der Waals surface area contributed by atoms with E-state index in [2.05, 4.69) is 21.9 Å². The fourth-order valence-corrected chi connectivity index (χ4v) is 3.63. The second-order valence-electron chi connectivity index (χ2n) is 6.13. The minimum absolute atomic E-state index is 0.103. The first-order valence-electron chi connectivity index (χ1n) is 8.34. The van der Waals surface area contributed by atoms with Crippen molar-refractivity contribution < 1.29 is 9.32 Å². The lowest BCUT2D eigenvalue weighted by Crippen LogP contribution is -2.45. The van der Waals surface area contributed by atoms with Gasteiger partial charge in [0.15, 0.2) is 11.5 Å². The third kappa shape index (κ3) is 4.23. The summed E-state index contributed by atoms with van der Waals surface area (Å²) in [5.41, 5.74) is 0.385. The summed E-state index contributed by atoms with van der Waals surface area (Å²) in [6.07, 6.45) is 0. The quantitative estimate of drug-likeness (QED) is 0.801. The van der Waals surface area contributed by atoms with E-state index in [0.717, 1.165) is 43.4 Å². The van der Waals surface area contributed by atoms with Crippen molar-refractivity contribution in [3.05, 3.63) is 39.9 Å². The van der Waals surface area contributed by atoms with Gasteiger partial charge in [0.05, 0.1) is 13.1 Å². The molecular weight excluding hydrogens is 324 g/mol. The molecule has 0 bridgehead atoms. The van der Waals surface area contributed by atoms with E-state index in [1.165, 1.54) is 0 Å². The molecule has 0 saturated carbocycles. The average molecular weight is 348 g/mol. The van der Waals surface area contributed by atoms with E-state index in [1.54, 1.807) is 29.4 Å². The lowest BCUT2D eigenvalue weighted by Gasteiger charge is -2.33. The summed E-state index contributed by atoms with van der Waals surface area (Å²) >= 11 is 1.65. The first-order chi connectivity index (χ1) is 11.7. The van der Waals surface area contributed by atoms with Gasteiger partial charge < -0.3 is 14.3 Å².